The summed E-state index contributed by atoms with van der Waals surface area (Å²) >= 11 is 0. The fourth-order valence-electron chi connectivity index (χ4n) is 2.41. The summed E-state index contributed by atoms with van der Waals surface area (Å²) in [6, 6.07) is 6.75. The van der Waals surface area contributed by atoms with E-state index in [1.165, 1.54) is 16.9 Å². The van der Waals surface area contributed by atoms with Crippen molar-refractivity contribution in [3.05, 3.63) is 23.8 Å². The molecule has 2 nitrogen and oxygen atoms in total. The highest BCUT2D eigenvalue weighted by Gasteiger charge is 2.27. The number of likely N-dealkylation sites (N-methyl/N-ethyl adjacent to an activating group) is 1. The first kappa shape index (κ1) is 11.3. The first-order valence-corrected chi connectivity index (χ1v) is 6.02. The Hall–Kier alpha value is -1.18. The van der Waals surface area contributed by atoms with Crippen molar-refractivity contribution in [1.82, 2.24) is 0 Å². The molecule has 1 heterocycles. The fraction of sp³-hybridized carbons (Fsp3) is 0.571. The summed E-state index contributed by atoms with van der Waals surface area (Å²) in [6.07, 6.45) is 0. The monoisotopic (exact) mass is 218 g/mol. The van der Waals surface area contributed by atoms with Crippen molar-refractivity contribution in [2.75, 3.05) is 23.8 Å². The van der Waals surface area contributed by atoms with E-state index in [-0.39, 0.29) is 5.54 Å². The minimum atomic E-state index is 0.154. The van der Waals surface area contributed by atoms with Gasteiger partial charge in [-0.2, -0.15) is 0 Å². The third-order valence-corrected chi connectivity index (χ3v) is 3.21. The lowest BCUT2D eigenvalue weighted by Gasteiger charge is -2.40. The summed E-state index contributed by atoms with van der Waals surface area (Å²) in [5, 5.41) is 3.59. The Kier molecular flexibility index (Phi) is 2.61. The Bertz CT molecular complexity index is 394. The molecule has 0 fully saturated rings. The second-order valence-electron chi connectivity index (χ2n) is 5.80. The van der Waals surface area contributed by atoms with Crippen molar-refractivity contribution in [3.63, 3.8) is 0 Å². The van der Waals surface area contributed by atoms with Crippen molar-refractivity contribution in [1.29, 1.82) is 0 Å². The van der Waals surface area contributed by atoms with Gasteiger partial charge in [0.25, 0.3) is 0 Å². The van der Waals surface area contributed by atoms with Crippen LogP contribution in [-0.4, -0.2) is 19.1 Å². The average molecular weight is 218 g/mol. The first-order valence-electron chi connectivity index (χ1n) is 6.02. The molecule has 0 atom stereocenters. The summed E-state index contributed by atoms with van der Waals surface area (Å²) in [6.45, 7) is 10.00. The Labute approximate surface area is 98.7 Å². The highest BCUT2D eigenvalue weighted by Crippen LogP contribution is 2.35. The summed E-state index contributed by atoms with van der Waals surface area (Å²) in [7, 11) is 2.17. The Balaban J connectivity index is 2.41. The molecule has 1 N–H and O–H groups in total. The van der Waals surface area contributed by atoms with E-state index in [0.29, 0.717) is 5.92 Å². The van der Waals surface area contributed by atoms with Crippen LogP contribution in [0.25, 0.3) is 0 Å². The zero-order chi connectivity index (χ0) is 11.9. The zero-order valence-electron chi connectivity index (χ0n) is 11.0. The van der Waals surface area contributed by atoms with Crippen LogP contribution in [0.15, 0.2) is 18.2 Å². The van der Waals surface area contributed by atoms with Crippen LogP contribution < -0.4 is 10.2 Å². The van der Waals surface area contributed by atoms with Crippen molar-refractivity contribution < 1.29 is 0 Å². The van der Waals surface area contributed by atoms with Crippen LogP contribution in [0.4, 0.5) is 11.4 Å². The number of nitrogens with zero attached hydrogens (tertiary/aromatic N) is 1. The number of rotatable bonds is 1. The minimum absolute atomic E-state index is 0.154. The molecule has 1 aliphatic rings. The van der Waals surface area contributed by atoms with Crippen LogP contribution in [0.5, 0.6) is 0 Å². The quantitative estimate of drug-likeness (QED) is 0.776. The van der Waals surface area contributed by atoms with Crippen molar-refractivity contribution >= 4 is 11.4 Å². The molecule has 0 saturated carbocycles. The molecule has 1 aromatic carbocycles. The van der Waals surface area contributed by atoms with Gasteiger partial charge < -0.3 is 10.2 Å². The number of nitrogens with one attached hydrogen (secondary N) is 1. The maximum absolute atomic E-state index is 3.59. The number of fused-ring (bicyclic) bond motifs is 1. The van der Waals surface area contributed by atoms with E-state index in [0.717, 1.165) is 6.54 Å². The standard InChI is InChI=1S/C14H22N2/c1-10(2)11-6-7-12-13(8-11)16(5)9-14(3,4)15-12/h6-8,10,15H,9H2,1-5H3. The molecule has 0 bridgehead atoms. The minimum Gasteiger partial charge on any atom is -0.377 e. The third kappa shape index (κ3) is 2.01. The van der Waals surface area contributed by atoms with Crippen molar-refractivity contribution in [2.24, 2.45) is 0 Å². The van der Waals surface area contributed by atoms with Gasteiger partial charge in [-0.05, 0) is 37.5 Å². The van der Waals surface area contributed by atoms with Crippen LogP contribution in [-0.2, 0) is 0 Å². The van der Waals surface area contributed by atoms with E-state index in [9.17, 15) is 0 Å². The highest BCUT2D eigenvalue weighted by molar-refractivity contribution is 5.74. The molecule has 0 aromatic heterocycles. The summed E-state index contributed by atoms with van der Waals surface area (Å²) in [5.41, 5.74) is 4.14. The highest BCUT2D eigenvalue weighted by atomic mass is 15.2. The fourth-order valence-corrected chi connectivity index (χ4v) is 2.41. The summed E-state index contributed by atoms with van der Waals surface area (Å²) in [5.74, 6) is 0.591. The van der Waals surface area contributed by atoms with Crippen LogP contribution in [0.1, 0.15) is 39.2 Å². The molecule has 0 amide bonds. The number of benzene rings is 1. The largest absolute Gasteiger partial charge is 0.377 e. The Morgan fingerprint density at radius 2 is 2.00 bits per heavy atom. The van der Waals surface area contributed by atoms with Gasteiger partial charge in [0.2, 0.25) is 0 Å². The zero-order valence-corrected chi connectivity index (χ0v) is 11.0. The van der Waals surface area contributed by atoms with Gasteiger partial charge in [-0.1, -0.05) is 19.9 Å². The number of hydrogen-bond donors (Lipinski definition) is 1. The van der Waals surface area contributed by atoms with Crippen LogP contribution in [0.2, 0.25) is 0 Å². The lowest BCUT2D eigenvalue weighted by atomic mass is 9.96. The molecule has 1 aliphatic heterocycles. The maximum Gasteiger partial charge on any atom is 0.0603 e. The van der Waals surface area contributed by atoms with E-state index in [1.54, 1.807) is 0 Å². The predicted octanol–water partition coefficient (Wildman–Crippen LogP) is 3.45. The van der Waals surface area contributed by atoms with E-state index < -0.39 is 0 Å². The molecular formula is C14H22N2. The molecule has 2 rings (SSSR count). The van der Waals surface area contributed by atoms with Gasteiger partial charge in [0.05, 0.1) is 11.4 Å². The normalized spacial score (nSPS) is 18.2. The van der Waals surface area contributed by atoms with Crippen LogP contribution in [0.3, 0.4) is 0 Å². The summed E-state index contributed by atoms with van der Waals surface area (Å²) in [4.78, 5) is 2.34. The molecule has 0 radical (unpaired) electrons. The molecule has 2 heteroatoms. The molecule has 0 aliphatic carbocycles. The number of anilines is 2. The topological polar surface area (TPSA) is 15.3 Å². The van der Waals surface area contributed by atoms with Crippen molar-refractivity contribution in [2.45, 2.75) is 39.2 Å². The van der Waals surface area contributed by atoms with Crippen LogP contribution in [0, 0.1) is 0 Å². The third-order valence-electron chi connectivity index (χ3n) is 3.21. The van der Waals surface area contributed by atoms with E-state index in [1.807, 2.05) is 0 Å². The average Bonchev–Trinajstić information content (AvgIpc) is 2.15. The van der Waals surface area contributed by atoms with E-state index >= 15 is 0 Å². The first-order chi connectivity index (χ1) is 7.39. The smallest absolute Gasteiger partial charge is 0.0603 e. The molecule has 1 aromatic rings. The van der Waals surface area contributed by atoms with Crippen LogP contribution >= 0.6 is 0 Å². The maximum atomic E-state index is 3.59. The Morgan fingerprint density at radius 3 is 2.62 bits per heavy atom. The summed E-state index contributed by atoms with van der Waals surface area (Å²) < 4.78 is 0. The molecule has 0 unspecified atom stereocenters. The molecular weight excluding hydrogens is 196 g/mol. The van der Waals surface area contributed by atoms with Gasteiger partial charge >= 0.3 is 0 Å². The van der Waals surface area contributed by atoms with E-state index in [2.05, 4.69) is 63.2 Å². The molecule has 88 valence electrons. The van der Waals surface area contributed by atoms with Gasteiger partial charge in [-0.3, -0.25) is 0 Å². The Morgan fingerprint density at radius 1 is 1.31 bits per heavy atom. The lowest BCUT2D eigenvalue weighted by molar-refractivity contribution is 0.549. The van der Waals surface area contributed by atoms with Gasteiger partial charge in [0, 0.05) is 19.1 Å². The van der Waals surface area contributed by atoms with Gasteiger partial charge in [-0.15, -0.1) is 0 Å². The lowest BCUT2D eigenvalue weighted by Crippen LogP contribution is -2.46. The number of hydrogen-bond acceptors (Lipinski definition) is 2. The van der Waals surface area contributed by atoms with Gasteiger partial charge in [-0.25, -0.2) is 0 Å². The second-order valence-corrected chi connectivity index (χ2v) is 5.80. The van der Waals surface area contributed by atoms with Gasteiger partial charge in [0.1, 0.15) is 0 Å². The van der Waals surface area contributed by atoms with Crippen molar-refractivity contribution in [3.8, 4) is 0 Å². The van der Waals surface area contributed by atoms with Gasteiger partial charge in [0.15, 0.2) is 0 Å². The molecule has 16 heavy (non-hydrogen) atoms. The SMILES string of the molecule is CC(C)c1ccc2c(c1)N(C)CC(C)(C)N2. The van der Waals surface area contributed by atoms with E-state index in [4.69, 9.17) is 0 Å². The molecule has 0 spiro atoms. The molecule has 0 saturated heterocycles. The second kappa shape index (κ2) is 3.69. The predicted molar refractivity (Wildman–Crippen MR) is 71.5 cm³/mol.